The first-order chi connectivity index (χ1) is 15.5. The van der Waals surface area contributed by atoms with Crippen LogP contribution in [-0.4, -0.2) is 52.2 Å². The van der Waals surface area contributed by atoms with Crippen molar-refractivity contribution in [3.8, 4) is 11.1 Å². The Bertz CT molecular complexity index is 1180. The van der Waals surface area contributed by atoms with Crippen LogP contribution in [0.5, 0.6) is 0 Å². The number of aliphatic carboxylic acids is 1. The van der Waals surface area contributed by atoms with Crippen LogP contribution >= 0.6 is 11.3 Å². The molecule has 1 aliphatic carbocycles. The van der Waals surface area contributed by atoms with Gasteiger partial charge in [0.05, 0.1) is 6.20 Å². The minimum Gasteiger partial charge on any atom is -0.480 e. The molecule has 8 nitrogen and oxygen atoms in total. The normalized spacial score (nSPS) is 16.6. The molecular formula is C23H19N3O5S. The second-order valence-corrected chi connectivity index (χ2v) is 8.65. The molecular weight excluding hydrogens is 430 g/mol. The third-order valence-corrected chi connectivity index (χ3v) is 6.74. The molecule has 5 rings (SSSR count). The highest BCUT2D eigenvalue weighted by Crippen LogP contribution is 2.44. The van der Waals surface area contributed by atoms with E-state index in [1.165, 1.54) is 11.1 Å². The Morgan fingerprint density at radius 2 is 1.75 bits per heavy atom. The number of ether oxygens (including phenoxy) is 1. The van der Waals surface area contributed by atoms with E-state index in [0.29, 0.717) is 13.0 Å². The van der Waals surface area contributed by atoms with E-state index in [2.05, 4.69) is 22.4 Å². The van der Waals surface area contributed by atoms with Crippen LogP contribution in [0.25, 0.3) is 11.1 Å². The molecule has 0 radical (unpaired) electrons. The topological polar surface area (TPSA) is 109 Å². The van der Waals surface area contributed by atoms with E-state index >= 15 is 0 Å². The van der Waals surface area contributed by atoms with Crippen molar-refractivity contribution >= 4 is 34.4 Å². The number of carboxylic acids is 1. The lowest BCUT2D eigenvalue weighted by Crippen LogP contribution is -2.54. The van der Waals surface area contributed by atoms with Crippen LogP contribution in [0, 0.1) is 0 Å². The Morgan fingerprint density at radius 1 is 1.09 bits per heavy atom. The number of fused-ring (bicyclic) bond motifs is 3. The third-order valence-electron chi connectivity index (χ3n) is 5.83. The van der Waals surface area contributed by atoms with Crippen molar-refractivity contribution in [2.24, 2.45) is 0 Å². The molecule has 2 aromatic carbocycles. The van der Waals surface area contributed by atoms with Crippen LogP contribution in [0.4, 0.5) is 9.93 Å². The number of anilines is 1. The maximum absolute atomic E-state index is 12.5. The fourth-order valence-corrected chi connectivity index (χ4v) is 4.94. The number of thiazole rings is 1. The molecule has 3 aromatic rings. The predicted molar refractivity (Wildman–Crippen MR) is 118 cm³/mol. The summed E-state index contributed by atoms with van der Waals surface area (Å²) in [5.74, 6) is -1.48. The molecule has 2 amide bonds. The Labute approximate surface area is 187 Å². The quantitative estimate of drug-likeness (QED) is 0.613. The van der Waals surface area contributed by atoms with Gasteiger partial charge in [-0.3, -0.25) is 10.1 Å². The summed E-state index contributed by atoms with van der Waals surface area (Å²) >= 11 is 0.989. The predicted octanol–water partition coefficient (Wildman–Crippen LogP) is 3.80. The van der Waals surface area contributed by atoms with Gasteiger partial charge in [0.15, 0.2) is 5.13 Å². The van der Waals surface area contributed by atoms with Crippen molar-refractivity contribution in [1.82, 2.24) is 9.88 Å². The molecule has 0 saturated carbocycles. The lowest BCUT2D eigenvalue weighted by Gasteiger charge is -2.37. The molecule has 0 bridgehead atoms. The van der Waals surface area contributed by atoms with Gasteiger partial charge < -0.3 is 14.7 Å². The molecule has 2 N–H and O–H groups in total. The van der Waals surface area contributed by atoms with Gasteiger partial charge in [-0.05, 0) is 28.7 Å². The van der Waals surface area contributed by atoms with E-state index in [0.717, 1.165) is 33.6 Å². The van der Waals surface area contributed by atoms with Gasteiger partial charge in [-0.1, -0.05) is 59.9 Å². The standard InChI is InChI=1S/C23H19N3O5S/c27-20(26-10-9-18(26)21(28)29)19-11-24-22(32-19)25-23(30)31-12-17-15-7-3-1-5-13(15)14-6-2-4-8-16(14)17/h1-8,11,17-18H,9-10,12H2,(H,28,29)(H,24,25,30). The summed E-state index contributed by atoms with van der Waals surface area (Å²) in [6.07, 6.45) is 1.11. The zero-order valence-corrected chi connectivity index (χ0v) is 17.7. The van der Waals surface area contributed by atoms with Gasteiger partial charge in [0.1, 0.15) is 17.5 Å². The summed E-state index contributed by atoms with van der Waals surface area (Å²) in [6, 6.07) is 15.3. The van der Waals surface area contributed by atoms with Crippen molar-refractivity contribution in [1.29, 1.82) is 0 Å². The lowest BCUT2D eigenvalue weighted by atomic mass is 9.98. The van der Waals surface area contributed by atoms with Gasteiger partial charge in [0.25, 0.3) is 5.91 Å². The minimum atomic E-state index is -1.02. The van der Waals surface area contributed by atoms with Crippen LogP contribution in [0.2, 0.25) is 0 Å². The maximum atomic E-state index is 12.5. The van der Waals surface area contributed by atoms with Gasteiger partial charge in [-0.25, -0.2) is 14.6 Å². The van der Waals surface area contributed by atoms with Gasteiger partial charge >= 0.3 is 12.1 Å². The fraction of sp³-hybridized carbons (Fsp3) is 0.217. The first-order valence-electron chi connectivity index (χ1n) is 10.1. The number of likely N-dealkylation sites (tertiary alicyclic amines) is 1. The smallest absolute Gasteiger partial charge is 0.413 e. The van der Waals surface area contributed by atoms with Crippen molar-refractivity contribution in [3.05, 3.63) is 70.7 Å². The van der Waals surface area contributed by atoms with Crippen LogP contribution in [-0.2, 0) is 9.53 Å². The first kappa shape index (κ1) is 20.2. The second-order valence-electron chi connectivity index (χ2n) is 7.62. The average molecular weight is 449 g/mol. The number of amides is 2. The summed E-state index contributed by atoms with van der Waals surface area (Å²) in [7, 11) is 0. The molecule has 0 spiro atoms. The number of nitrogens with zero attached hydrogens (tertiary/aromatic N) is 2. The molecule has 2 aliphatic rings. The van der Waals surface area contributed by atoms with Crippen LogP contribution < -0.4 is 5.32 Å². The van der Waals surface area contributed by atoms with E-state index in [1.807, 2.05) is 36.4 Å². The third kappa shape index (κ3) is 3.50. The minimum absolute atomic E-state index is 0.0547. The summed E-state index contributed by atoms with van der Waals surface area (Å²) < 4.78 is 5.49. The second kappa shape index (κ2) is 8.08. The first-order valence-corrected chi connectivity index (χ1v) is 11.0. The van der Waals surface area contributed by atoms with Gasteiger partial charge in [-0.2, -0.15) is 0 Å². The highest BCUT2D eigenvalue weighted by Gasteiger charge is 2.38. The molecule has 1 aromatic heterocycles. The number of hydrogen-bond acceptors (Lipinski definition) is 6. The Hall–Kier alpha value is -3.72. The summed E-state index contributed by atoms with van der Waals surface area (Å²) in [5.41, 5.74) is 4.52. The number of benzene rings is 2. The summed E-state index contributed by atoms with van der Waals surface area (Å²) in [5, 5.41) is 11.9. The van der Waals surface area contributed by atoms with E-state index in [9.17, 15) is 14.4 Å². The van der Waals surface area contributed by atoms with E-state index < -0.39 is 24.0 Å². The SMILES string of the molecule is O=C(Nc1ncc(C(=O)N2CCC2C(=O)O)s1)OCC1c2ccccc2-c2ccccc21. The average Bonchev–Trinajstić information content (AvgIpc) is 3.34. The number of carbonyl (C=O) groups excluding carboxylic acids is 2. The van der Waals surface area contributed by atoms with E-state index in [-0.39, 0.29) is 22.5 Å². The zero-order valence-electron chi connectivity index (χ0n) is 16.9. The zero-order chi connectivity index (χ0) is 22.2. The Kier molecular flexibility index (Phi) is 5.10. The molecule has 1 fully saturated rings. The number of nitrogens with one attached hydrogen (secondary N) is 1. The maximum Gasteiger partial charge on any atom is 0.413 e. The number of rotatable bonds is 5. The van der Waals surface area contributed by atoms with Crippen LogP contribution in [0.1, 0.15) is 33.1 Å². The highest BCUT2D eigenvalue weighted by atomic mass is 32.1. The molecule has 1 atom stereocenters. The molecule has 1 saturated heterocycles. The largest absolute Gasteiger partial charge is 0.480 e. The summed E-state index contributed by atoms with van der Waals surface area (Å²) in [6.45, 7) is 0.563. The van der Waals surface area contributed by atoms with Crippen LogP contribution in [0.3, 0.4) is 0 Å². The number of hydrogen-bond donors (Lipinski definition) is 2. The molecule has 162 valence electrons. The van der Waals surface area contributed by atoms with Gasteiger partial charge in [0, 0.05) is 12.5 Å². The fourth-order valence-electron chi connectivity index (χ4n) is 4.18. The monoisotopic (exact) mass is 449 g/mol. The Balaban J connectivity index is 1.22. The molecule has 9 heteroatoms. The molecule has 1 unspecified atom stereocenters. The molecule has 2 heterocycles. The summed E-state index contributed by atoms with van der Waals surface area (Å²) in [4.78, 5) is 41.6. The highest BCUT2D eigenvalue weighted by molar-refractivity contribution is 7.17. The molecule has 32 heavy (non-hydrogen) atoms. The number of aromatic nitrogens is 1. The van der Waals surface area contributed by atoms with Crippen LogP contribution in [0.15, 0.2) is 54.7 Å². The van der Waals surface area contributed by atoms with Crippen molar-refractivity contribution in [2.45, 2.75) is 18.4 Å². The number of carbonyl (C=O) groups is 3. The van der Waals surface area contributed by atoms with E-state index in [1.54, 1.807) is 0 Å². The van der Waals surface area contributed by atoms with Crippen molar-refractivity contribution in [3.63, 3.8) is 0 Å². The van der Waals surface area contributed by atoms with Crippen molar-refractivity contribution in [2.75, 3.05) is 18.5 Å². The van der Waals surface area contributed by atoms with E-state index in [4.69, 9.17) is 9.84 Å². The van der Waals surface area contributed by atoms with Crippen molar-refractivity contribution < 1.29 is 24.2 Å². The lowest BCUT2D eigenvalue weighted by molar-refractivity contribution is -0.146. The number of carboxylic acid groups (broad SMARTS) is 1. The van der Waals surface area contributed by atoms with Gasteiger partial charge in [-0.15, -0.1) is 0 Å². The molecule has 1 aliphatic heterocycles. The Morgan fingerprint density at radius 3 is 2.34 bits per heavy atom. The van der Waals surface area contributed by atoms with Gasteiger partial charge in [0.2, 0.25) is 0 Å².